The minimum Gasteiger partial charge on any atom is -0.426 e. The Labute approximate surface area is 124 Å². The van der Waals surface area contributed by atoms with E-state index in [1.54, 1.807) is 43.3 Å². The van der Waals surface area contributed by atoms with Gasteiger partial charge in [0.15, 0.2) is 0 Å². The smallest absolute Gasteiger partial charge is 0.317 e. The summed E-state index contributed by atoms with van der Waals surface area (Å²) in [7, 11) is 0. The van der Waals surface area contributed by atoms with Gasteiger partial charge in [0.2, 0.25) is 0 Å². The van der Waals surface area contributed by atoms with E-state index in [4.69, 9.17) is 4.74 Å². The molecular weight excluding hydrogens is 264 g/mol. The van der Waals surface area contributed by atoms with Gasteiger partial charge >= 0.3 is 5.97 Å². The van der Waals surface area contributed by atoms with E-state index >= 15 is 0 Å². The number of hydrogen-bond acceptors (Lipinski definition) is 3. The van der Waals surface area contributed by atoms with Gasteiger partial charge < -0.3 is 9.84 Å². The van der Waals surface area contributed by atoms with Crippen molar-refractivity contribution in [3.63, 3.8) is 0 Å². The van der Waals surface area contributed by atoms with Crippen LogP contribution < -0.4 is 4.74 Å². The Bertz CT molecular complexity index is 590. The van der Waals surface area contributed by atoms with Crippen molar-refractivity contribution in [3.8, 4) is 5.75 Å². The van der Waals surface area contributed by atoms with Crippen LogP contribution in [-0.4, -0.2) is 17.2 Å². The van der Waals surface area contributed by atoms with Crippen LogP contribution in [0.3, 0.4) is 0 Å². The largest absolute Gasteiger partial charge is 0.426 e. The highest BCUT2D eigenvalue weighted by molar-refractivity contribution is 5.75. The highest BCUT2D eigenvalue weighted by atomic mass is 16.5. The molecule has 0 heterocycles. The van der Waals surface area contributed by atoms with Crippen LogP contribution >= 0.6 is 0 Å². The monoisotopic (exact) mass is 282 g/mol. The predicted octanol–water partition coefficient (Wildman–Crippen LogP) is 3.30. The number of esters is 1. The number of carbonyl (C=O) groups excluding carboxylic acids is 1. The van der Waals surface area contributed by atoms with Gasteiger partial charge in [0, 0.05) is 0 Å². The van der Waals surface area contributed by atoms with Crippen LogP contribution in [0.1, 0.15) is 12.5 Å². The third kappa shape index (κ3) is 4.58. The lowest BCUT2D eigenvalue weighted by Crippen LogP contribution is -2.27. The molecule has 2 aromatic rings. The summed E-state index contributed by atoms with van der Waals surface area (Å²) >= 11 is 0. The maximum absolute atomic E-state index is 11.9. The lowest BCUT2D eigenvalue weighted by atomic mass is 10.0. The molecule has 2 atom stereocenters. The molecule has 0 aliphatic heterocycles. The summed E-state index contributed by atoms with van der Waals surface area (Å²) in [5.41, 5.74) is 0.972. The van der Waals surface area contributed by atoms with Crippen molar-refractivity contribution in [2.45, 2.75) is 13.0 Å². The zero-order valence-electron chi connectivity index (χ0n) is 11.8. The van der Waals surface area contributed by atoms with Crippen molar-refractivity contribution in [2.75, 3.05) is 0 Å². The molecule has 2 aromatic carbocycles. The summed E-state index contributed by atoms with van der Waals surface area (Å²) in [5.74, 6) is -0.606. The van der Waals surface area contributed by atoms with Crippen molar-refractivity contribution in [3.05, 3.63) is 72.3 Å². The number of aliphatic hydroxyl groups is 1. The molecular formula is C18H18O3. The van der Waals surface area contributed by atoms with Gasteiger partial charge in [0.05, 0.1) is 12.0 Å². The number of rotatable bonds is 5. The Morgan fingerprint density at radius 3 is 2.24 bits per heavy atom. The average molecular weight is 282 g/mol. The van der Waals surface area contributed by atoms with Crippen LogP contribution in [0.5, 0.6) is 5.75 Å². The van der Waals surface area contributed by atoms with Gasteiger partial charge in [-0.2, -0.15) is 0 Å². The maximum atomic E-state index is 11.9. The van der Waals surface area contributed by atoms with Gasteiger partial charge in [-0.3, -0.25) is 4.79 Å². The first-order valence-corrected chi connectivity index (χ1v) is 6.85. The van der Waals surface area contributed by atoms with E-state index < -0.39 is 18.0 Å². The molecule has 0 fully saturated rings. The van der Waals surface area contributed by atoms with Crippen LogP contribution in [0, 0.1) is 5.92 Å². The Morgan fingerprint density at radius 1 is 1.05 bits per heavy atom. The van der Waals surface area contributed by atoms with Gasteiger partial charge in [-0.05, 0) is 24.6 Å². The molecule has 0 aromatic heterocycles. The number of aliphatic hydroxyl groups excluding tert-OH is 1. The normalized spacial score (nSPS) is 13.8. The maximum Gasteiger partial charge on any atom is 0.317 e. The average Bonchev–Trinajstić information content (AvgIpc) is 2.53. The predicted molar refractivity (Wildman–Crippen MR) is 82.7 cm³/mol. The number of carbonyl (C=O) groups is 1. The Morgan fingerprint density at radius 2 is 1.62 bits per heavy atom. The van der Waals surface area contributed by atoms with Crippen LogP contribution in [0.4, 0.5) is 0 Å². The molecule has 0 saturated carbocycles. The van der Waals surface area contributed by atoms with Crippen molar-refractivity contribution in [1.82, 2.24) is 0 Å². The quantitative estimate of drug-likeness (QED) is 0.676. The van der Waals surface area contributed by atoms with Gasteiger partial charge in [0.25, 0.3) is 0 Å². The molecule has 108 valence electrons. The molecule has 3 heteroatoms. The second-order valence-electron chi connectivity index (χ2n) is 4.78. The number of hydrogen-bond donors (Lipinski definition) is 1. The molecule has 0 amide bonds. The number of ether oxygens (including phenoxy) is 1. The third-order valence-electron chi connectivity index (χ3n) is 3.13. The van der Waals surface area contributed by atoms with Crippen molar-refractivity contribution in [2.24, 2.45) is 5.92 Å². The van der Waals surface area contributed by atoms with Crippen LogP contribution in [0.15, 0.2) is 66.7 Å². The molecule has 0 unspecified atom stereocenters. The summed E-state index contributed by atoms with van der Waals surface area (Å²) < 4.78 is 5.22. The highest BCUT2D eigenvalue weighted by Gasteiger charge is 2.21. The Kier molecular flexibility index (Phi) is 5.29. The van der Waals surface area contributed by atoms with Crippen molar-refractivity contribution < 1.29 is 14.6 Å². The van der Waals surface area contributed by atoms with Crippen molar-refractivity contribution in [1.29, 1.82) is 0 Å². The number of benzene rings is 2. The summed E-state index contributed by atoms with van der Waals surface area (Å²) in [6.45, 7) is 1.64. The molecule has 0 aliphatic rings. The minimum absolute atomic E-state index is 0.452. The Balaban J connectivity index is 1.94. The Hall–Kier alpha value is -2.39. The van der Waals surface area contributed by atoms with Crippen molar-refractivity contribution >= 4 is 12.0 Å². The van der Waals surface area contributed by atoms with Gasteiger partial charge in [-0.15, -0.1) is 0 Å². The van der Waals surface area contributed by atoms with E-state index in [2.05, 4.69) is 0 Å². The molecule has 0 saturated heterocycles. The fraction of sp³-hybridized carbons (Fsp3) is 0.167. The lowest BCUT2D eigenvalue weighted by molar-refractivity contribution is -0.140. The molecule has 2 rings (SSSR count). The molecule has 0 radical (unpaired) electrons. The zero-order valence-corrected chi connectivity index (χ0v) is 11.8. The fourth-order valence-electron chi connectivity index (χ4n) is 1.78. The molecule has 1 N–H and O–H groups in total. The first-order valence-electron chi connectivity index (χ1n) is 6.85. The number of para-hydroxylation sites is 1. The van der Waals surface area contributed by atoms with E-state index in [0.717, 1.165) is 5.56 Å². The first kappa shape index (κ1) is 15.0. The van der Waals surface area contributed by atoms with Gasteiger partial charge in [0.1, 0.15) is 5.75 Å². The van der Waals surface area contributed by atoms with Crippen LogP contribution in [0.25, 0.3) is 6.08 Å². The van der Waals surface area contributed by atoms with Gasteiger partial charge in [-0.1, -0.05) is 60.7 Å². The second kappa shape index (κ2) is 7.41. The summed E-state index contributed by atoms with van der Waals surface area (Å²) in [5, 5.41) is 10.0. The van der Waals surface area contributed by atoms with E-state index in [1.807, 2.05) is 36.4 Å². The van der Waals surface area contributed by atoms with Gasteiger partial charge in [-0.25, -0.2) is 0 Å². The topological polar surface area (TPSA) is 46.5 Å². The molecule has 3 nitrogen and oxygen atoms in total. The fourth-order valence-corrected chi connectivity index (χ4v) is 1.78. The zero-order chi connectivity index (χ0) is 15.1. The standard InChI is InChI=1S/C18H18O3/c1-14(18(20)21-16-10-6-3-7-11-16)17(19)13-12-15-8-4-2-5-9-15/h2-14,17,19H,1H3/b13-12+/t14-,17+/m0/s1. The lowest BCUT2D eigenvalue weighted by Gasteiger charge is -2.14. The second-order valence-corrected chi connectivity index (χ2v) is 4.78. The van der Waals surface area contributed by atoms with E-state index in [9.17, 15) is 9.90 Å². The SMILES string of the molecule is C[C@H](C(=O)Oc1ccccc1)[C@H](O)/C=C/c1ccccc1. The molecule has 0 bridgehead atoms. The first-order chi connectivity index (χ1) is 10.2. The van der Waals surface area contributed by atoms with Crippen LogP contribution in [-0.2, 0) is 4.79 Å². The van der Waals surface area contributed by atoms with E-state index in [0.29, 0.717) is 5.75 Å². The van der Waals surface area contributed by atoms with Crippen LogP contribution in [0.2, 0.25) is 0 Å². The minimum atomic E-state index is -0.888. The summed E-state index contributed by atoms with van der Waals surface area (Å²) in [4.78, 5) is 11.9. The highest BCUT2D eigenvalue weighted by Crippen LogP contribution is 2.14. The van der Waals surface area contributed by atoms with E-state index in [-0.39, 0.29) is 0 Å². The molecule has 21 heavy (non-hydrogen) atoms. The summed E-state index contributed by atoms with van der Waals surface area (Å²) in [6.07, 6.45) is 2.50. The molecule has 0 spiro atoms. The molecule has 0 aliphatic carbocycles. The van der Waals surface area contributed by atoms with E-state index in [1.165, 1.54) is 0 Å². The third-order valence-corrected chi connectivity index (χ3v) is 3.13. The summed E-state index contributed by atoms with van der Waals surface area (Å²) in [6, 6.07) is 18.4.